The monoisotopic (exact) mass is 561 g/mol. The molecule has 0 aliphatic heterocycles. The number of carboxylic acids is 2. The minimum Gasteiger partial charge on any atom is -0.508 e. The quantitative estimate of drug-likeness (QED) is 0.0990. The molecule has 15 nitrogen and oxygen atoms in total. The van der Waals surface area contributed by atoms with Gasteiger partial charge in [0.2, 0.25) is 17.7 Å². The molecular formula is C25H35N7O8. The molecule has 0 spiro atoms. The summed E-state index contributed by atoms with van der Waals surface area (Å²) in [6.07, 6.45) is 3.10. The first-order valence-electron chi connectivity index (χ1n) is 12.6. The number of phenols is 1. The molecule has 0 fully saturated rings. The van der Waals surface area contributed by atoms with E-state index in [1.807, 2.05) is 0 Å². The van der Waals surface area contributed by atoms with E-state index in [2.05, 4.69) is 25.9 Å². The molecule has 40 heavy (non-hydrogen) atoms. The van der Waals surface area contributed by atoms with Crippen LogP contribution in [0.1, 0.15) is 36.9 Å². The van der Waals surface area contributed by atoms with Crippen molar-refractivity contribution in [3.8, 4) is 5.75 Å². The highest BCUT2D eigenvalue weighted by Crippen LogP contribution is 2.11. The number of nitrogens with zero attached hydrogens (tertiary/aromatic N) is 1. The molecule has 0 saturated heterocycles. The van der Waals surface area contributed by atoms with Crippen LogP contribution in [0, 0.1) is 0 Å². The van der Waals surface area contributed by atoms with Crippen LogP contribution in [0.25, 0.3) is 0 Å². The van der Waals surface area contributed by atoms with E-state index in [0.29, 0.717) is 30.6 Å². The second-order valence-electron chi connectivity index (χ2n) is 9.16. The summed E-state index contributed by atoms with van der Waals surface area (Å²) in [5, 5.41) is 35.0. The third-order valence-corrected chi connectivity index (χ3v) is 5.91. The Balaban J connectivity index is 2.17. The Bertz CT molecular complexity index is 1140. The maximum Gasteiger partial charge on any atom is 0.326 e. The first kappa shape index (κ1) is 31.7. The Morgan fingerprint density at radius 2 is 1.50 bits per heavy atom. The number of carbonyl (C=O) groups is 5. The van der Waals surface area contributed by atoms with E-state index in [1.165, 1.54) is 24.7 Å². The van der Waals surface area contributed by atoms with Gasteiger partial charge in [0.25, 0.3) is 0 Å². The summed E-state index contributed by atoms with van der Waals surface area (Å²) in [7, 11) is 0. The summed E-state index contributed by atoms with van der Waals surface area (Å²) in [4.78, 5) is 68.3. The van der Waals surface area contributed by atoms with E-state index in [0.717, 1.165) is 0 Å². The molecule has 0 radical (unpaired) electrons. The second kappa shape index (κ2) is 15.8. The number of carbonyl (C=O) groups excluding carboxylic acids is 3. The summed E-state index contributed by atoms with van der Waals surface area (Å²) in [6.45, 7) is 0.355. The number of benzene rings is 1. The van der Waals surface area contributed by atoms with Crippen molar-refractivity contribution in [3.05, 3.63) is 48.0 Å². The Morgan fingerprint density at radius 3 is 2.08 bits per heavy atom. The number of unbranched alkanes of at least 4 members (excludes halogenated alkanes) is 1. The van der Waals surface area contributed by atoms with Gasteiger partial charge in [0.1, 0.15) is 23.9 Å². The standard InChI is InChI=1S/C25H35N7O8/c26-8-2-1-3-18(30-22(36)17(27)9-14-4-6-16(33)7-5-14)23(37)31-19(10-15-12-28-13-29-15)24(38)32-20(25(39)40)11-21(34)35/h4-7,12-13,17-20,33H,1-3,8-11,26-27H2,(H,28,29)(H,30,36)(H,31,37)(H,32,38)(H,34,35)(H,39,40). The highest BCUT2D eigenvalue weighted by molar-refractivity contribution is 5.94. The molecule has 1 heterocycles. The van der Waals surface area contributed by atoms with Crippen molar-refractivity contribution in [1.29, 1.82) is 0 Å². The number of phenolic OH excluding ortho intramolecular Hbond substituents is 1. The molecule has 0 aliphatic rings. The Labute approximate surface area is 229 Å². The molecule has 0 bridgehead atoms. The van der Waals surface area contributed by atoms with E-state index in [9.17, 15) is 34.2 Å². The highest BCUT2D eigenvalue weighted by atomic mass is 16.4. The van der Waals surface area contributed by atoms with Gasteiger partial charge in [0.05, 0.1) is 18.8 Å². The van der Waals surface area contributed by atoms with Crippen molar-refractivity contribution in [2.24, 2.45) is 11.5 Å². The number of nitrogens with two attached hydrogens (primary N) is 2. The van der Waals surface area contributed by atoms with Crippen molar-refractivity contribution in [1.82, 2.24) is 25.9 Å². The maximum atomic E-state index is 13.3. The van der Waals surface area contributed by atoms with Crippen molar-refractivity contribution in [2.45, 2.75) is 62.7 Å². The highest BCUT2D eigenvalue weighted by Gasteiger charge is 2.31. The molecule has 3 amide bonds. The fourth-order valence-electron chi connectivity index (χ4n) is 3.76. The number of nitrogens with one attached hydrogen (secondary N) is 4. The van der Waals surface area contributed by atoms with Gasteiger partial charge in [-0.3, -0.25) is 19.2 Å². The third kappa shape index (κ3) is 10.7. The molecule has 2 rings (SSSR count). The number of amides is 3. The fraction of sp³-hybridized carbons (Fsp3) is 0.440. The predicted octanol–water partition coefficient (Wildman–Crippen LogP) is -1.63. The lowest BCUT2D eigenvalue weighted by Crippen LogP contribution is -2.58. The topological polar surface area (TPSA) is 263 Å². The lowest BCUT2D eigenvalue weighted by molar-refractivity contribution is -0.147. The van der Waals surface area contributed by atoms with Crippen molar-refractivity contribution in [2.75, 3.05) is 6.54 Å². The summed E-state index contributed by atoms with van der Waals surface area (Å²) >= 11 is 0. The Kier molecular flexibility index (Phi) is 12.5. The van der Waals surface area contributed by atoms with Crippen LogP contribution in [0.4, 0.5) is 0 Å². The molecule has 0 saturated carbocycles. The lowest BCUT2D eigenvalue weighted by Gasteiger charge is -2.25. The summed E-state index contributed by atoms with van der Waals surface area (Å²) in [5.74, 6) is -5.22. The molecule has 2 aromatic rings. The van der Waals surface area contributed by atoms with Crippen LogP contribution < -0.4 is 27.4 Å². The van der Waals surface area contributed by atoms with Crippen LogP contribution in [-0.2, 0) is 36.8 Å². The summed E-state index contributed by atoms with van der Waals surface area (Å²) in [5.41, 5.74) is 12.7. The number of aromatic nitrogens is 2. The number of carboxylic acid groups (broad SMARTS) is 2. The zero-order valence-corrected chi connectivity index (χ0v) is 21.7. The van der Waals surface area contributed by atoms with Gasteiger partial charge in [-0.15, -0.1) is 0 Å². The smallest absolute Gasteiger partial charge is 0.326 e. The summed E-state index contributed by atoms with van der Waals surface area (Å²) < 4.78 is 0. The lowest BCUT2D eigenvalue weighted by atomic mass is 10.0. The van der Waals surface area contributed by atoms with Gasteiger partial charge in [-0.05, 0) is 49.9 Å². The normalized spacial score (nSPS) is 13.8. The minimum atomic E-state index is -1.73. The van der Waals surface area contributed by atoms with Gasteiger partial charge in [-0.25, -0.2) is 9.78 Å². The van der Waals surface area contributed by atoms with Crippen molar-refractivity contribution >= 4 is 29.7 Å². The molecule has 4 atom stereocenters. The number of aromatic amines is 1. The van der Waals surface area contributed by atoms with Gasteiger partial charge in [-0.1, -0.05) is 12.1 Å². The molecule has 1 aromatic heterocycles. The number of hydrogen-bond acceptors (Lipinski definition) is 9. The van der Waals surface area contributed by atoms with Gasteiger partial charge >= 0.3 is 11.9 Å². The van der Waals surface area contributed by atoms with Crippen molar-refractivity contribution in [3.63, 3.8) is 0 Å². The van der Waals surface area contributed by atoms with Crippen molar-refractivity contribution < 1.29 is 39.3 Å². The van der Waals surface area contributed by atoms with Crippen LogP contribution in [0.2, 0.25) is 0 Å². The molecule has 11 N–H and O–H groups in total. The number of aliphatic carboxylic acids is 2. The largest absolute Gasteiger partial charge is 0.508 e. The maximum absolute atomic E-state index is 13.3. The van der Waals surface area contributed by atoms with Crippen LogP contribution in [0.3, 0.4) is 0 Å². The van der Waals surface area contributed by atoms with E-state index in [-0.39, 0.29) is 25.0 Å². The van der Waals surface area contributed by atoms with Crippen LogP contribution in [-0.4, -0.2) is 85.7 Å². The number of hydrogen-bond donors (Lipinski definition) is 9. The average Bonchev–Trinajstić information content (AvgIpc) is 3.41. The molecule has 0 aliphatic carbocycles. The first-order valence-corrected chi connectivity index (χ1v) is 12.6. The zero-order chi connectivity index (χ0) is 29.7. The molecule has 1 aromatic carbocycles. The van der Waals surface area contributed by atoms with E-state index in [1.54, 1.807) is 12.1 Å². The first-order chi connectivity index (χ1) is 19.0. The number of rotatable bonds is 17. The second-order valence-corrected chi connectivity index (χ2v) is 9.16. The van der Waals surface area contributed by atoms with E-state index >= 15 is 0 Å². The Hall–Kier alpha value is -4.50. The van der Waals surface area contributed by atoms with Crippen LogP contribution in [0.5, 0.6) is 5.75 Å². The van der Waals surface area contributed by atoms with Gasteiger partial charge < -0.3 is 47.7 Å². The minimum absolute atomic E-state index is 0.0600. The van der Waals surface area contributed by atoms with E-state index in [4.69, 9.17) is 16.6 Å². The van der Waals surface area contributed by atoms with Gasteiger partial charge in [0, 0.05) is 18.3 Å². The number of H-pyrrole nitrogens is 1. The van der Waals surface area contributed by atoms with Crippen LogP contribution in [0.15, 0.2) is 36.8 Å². The number of aromatic hydroxyl groups is 1. The average molecular weight is 562 g/mol. The predicted molar refractivity (Wildman–Crippen MR) is 141 cm³/mol. The molecule has 15 heteroatoms. The Morgan fingerprint density at radius 1 is 0.875 bits per heavy atom. The van der Waals surface area contributed by atoms with Gasteiger partial charge in [0.15, 0.2) is 0 Å². The SMILES string of the molecule is NCCCCC(NC(=O)C(N)Cc1ccc(O)cc1)C(=O)NC(Cc1cnc[nH]1)C(=O)NC(CC(=O)O)C(=O)O. The van der Waals surface area contributed by atoms with E-state index < -0.39 is 60.2 Å². The van der Waals surface area contributed by atoms with Gasteiger partial charge in [-0.2, -0.15) is 0 Å². The zero-order valence-electron chi connectivity index (χ0n) is 21.7. The number of imidazole rings is 1. The molecule has 4 unspecified atom stereocenters. The van der Waals surface area contributed by atoms with Crippen LogP contribution >= 0.6 is 0 Å². The fourth-order valence-corrected chi connectivity index (χ4v) is 3.76. The molecular weight excluding hydrogens is 526 g/mol. The third-order valence-electron chi connectivity index (χ3n) is 5.91. The summed E-state index contributed by atoms with van der Waals surface area (Å²) in [6, 6.07) is 0.954. The molecule has 218 valence electrons.